The number of anilines is 1. The monoisotopic (exact) mass is 620 g/mol. The van der Waals surface area contributed by atoms with E-state index in [4.69, 9.17) is 14.2 Å². The number of hydrogen-bond donors (Lipinski definition) is 1. The van der Waals surface area contributed by atoms with Crippen LogP contribution in [0, 0.1) is 0 Å². The average Bonchev–Trinajstić information content (AvgIpc) is 3.01. The fourth-order valence-electron chi connectivity index (χ4n) is 5.19. The quantitative estimate of drug-likeness (QED) is 0.0677. The number of carboxylic acids is 1. The molecule has 1 N–H and O–H groups in total. The molecule has 8 nitrogen and oxygen atoms in total. The number of carbonyl (C=O) groups is 2. The molecule has 0 amide bonds. The van der Waals surface area contributed by atoms with Gasteiger partial charge in [-0.3, -0.25) is 9.59 Å². The molecule has 0 aliphatic carbocycles. The summed E-state index contributed by atoms with van der Waals surface area (Å²) in [4.78, 5) is 28.2. The van der Waals surface area contributed by atoms with Gasteiger partial charge < -0.3 is 29.1 Å². The van der Waals surface area contributed by atoms with Gasteiger partial charge in [0.25, 0.3) is 0 Å². The summed E-state index contributed by atoms with van der Waals surface area (Å²) >= 11 is 0. The van der Waals surface area contributed by atoms with E-state index >= 15 is 0 Å². The zero-order chi connectivity index (χ0) is 32.3. The van der Waals surface area contributed by atoms with Crippen molar-refractivity contribution in [3.05, 3.63) is 18.2 Å². The minimum atomic E-state index is -1.02. The van der Waals surface area contributed by atoms with Crippen LogP contribution < -0.4 is 14.4 Å². The molecule has 1 rings (SSSR count). The number of nitrogens with zero attached hydrogens (tertiary/aromatic N) is 2. The number of benzene rings is 1. The Morgan fingerprint density at radius 2 is 1.07 bits per heavy atom. The number of unbranched alkanes of at least 4 members (excludes halogenated alkanes) is 14. The highest BCUT2D eigenvalue weighted by Gasteiger charge is 2.18. The summed E-state index contributed by atoms with van der Waals surface area (Å²) in [6, 6.07) is 5.49. The maximum atomic E-state index is 12.7. The summed E-state index contributed by atoms with van der Waals surface area (Å²) in [5.74, 6) is -0.221. The van der Waals surface area contributed by atoms with Crippen molar-refractivity contribution < 1.29 is 28.9 Å². The molecule has 44 heavy (non-hydrogen) atoms. The molecule has 1 aromatic rings. The van der Waals surface area contributed by atoms with E-state index in [1.807, 2.05) is 6.07 Å². The summed E-state index contributed by atoms with van der Waals surface area (Å²) < 4.78 is 17.7. The topological polar surface area (TPSA) is 88.5 Å². The molecule has 0 fully saturated rings. The third kappa shape index (κ3) is 20.5. The number of ether oxygens (including phenoxy) is 3. The van der Waals surface area contributed by atoms with Gasteiger partial charge in [-0.05, 0) is 25.9 Å². The average molecular weight is 621 g/mol. The van der Waals surface area contributed by atoms with E-state index in [-0.39, 0.29) is 19.7 Å². The van der Waals surface area contributed by atoms with E-state index in [1.165, 1.54) is 81.9 Å². The lowest BCUT2D eigenvalue weighted by Crippen LogP contribution is -2.36. The SMILES string of the molecule is CCCCCCCCCCOc1cc(OCCCCCCCCCC)cc(N(CC(=O)O)CC(=O)OCCN(CC)CC)c1. The number of rotatable bonds is 30. The fourth-order valence-corrected chi connectivity index (χ4v) is 5.19. The largest absolute Gasteiger partial charge is 0.493 e. The molecule has 0 unspecified atom stereocenters. The second-order valence-corrected chi connectivity index (χ2v) is 11.8. The number of esters is 1. The Balaban J connectivity index is 2.81. The van der Waals surface area contributed by atoms with Crippen molar-refractivity contribution in [2.24, 2.45) is 0 Å². The Bertz CT molecular complexity index is 821. The van der Waals surface area contributed by atoms with Crippen molar-refractivity contribution >= 4 is 17.6 Å². The standard InChI is InChI=1S/C36H64N2O6/c1-5-9-11-13-15-17-19-21-24-42-33-27-32(28-34(29-33)43-25-22-20-18-16-14-12-10-6-2)38(30-35(39)40)31-36(41)44-26-23-37(7-3)8-4/h27-29H,5-26,30-31H2,1-4H3,(H,39,40). The fraction of sp³-hybridized carbons (Fsp3) is 0.778. The van der Waals surface area contributed by atoms with Gasteiger partial charge in [-0.15, -0.1) is 0 Å². The second kappa shape index (κ2) is 26.9. The molecule has 0 radical (unpaired) electrons. The minimum Gasteiger partial charge on any atom is -0.493 e. The molecule has 8 heteroatoms. The first-order valence-electron chi connectivity index (χ1n) is 17.7. The van der Waals surface area contributed by atoms with E-state index in [1.54, 1.807) is 12.1 Å². The Kier molecular flexibility index (Phi) is 24.2. The summed E-state index contributed by atoms with van der Waals surface area (Å²) in [5.41, 5.74) is 0.576. The highest BCUT2D eigenvalue weighted by Crippen LogP contribution is 2.29. The van der Waals surface area contributed by atoms with Gasteiger partial charge in [0.1, 0.15) is 31.2 Å². The van der Waals surface area contributed by atoms with E-state index in [9.17, 15) is 14.7 Å². The molecule has 0 spiro atoms. The van der Waals surface area contributed by atoms with Gasteiger partial charge in [-0.25, -0.2) is 0 Å². The number of carbonyl (C=O) groups excluding carboxylic acids is 1. The number of hydrogen-bond acceptors (Lipinski definition) is 7. The smallest absolute Gasteiger partial charge is 0.325 e. The van der Waals surface area contributed by atoms with Crippen LogP contribution >= 0.6 is 0 Å². The summed E-state index contributed by atoms with van der Waals surface area (Å²) in [5, 5.41) is 9.63. The van der Waals surface area contributed by atoms with Crippen molar-refractivity contribution in [2.75, 3.05) is 57.4 Å². The third-order valence-corrected chi connectivity index (χ3v) is 7.97. The van der Waals surface area contributed by atoms with Crippen molar-refractivity contribution in [3.8, 4) is 11.5 Å². The van der Waals surface area contributed by atoms with Crippen LogP contribution in [-0.2, 0) is 14.3 Å². The summed E-state index contributed by atoms with van der Waals surface area (Å²) in [6.07, 6.45) is 19.5. The third-order valence-electron chi connectivity index (χ3n) is 7.97. The molecule has 0 aromatic heterocycles. The van der Waals surface area contributed by atoms with Crippen LogP contribution in [0.2, 0.25) is 0 Å². The predicted molar refractivity (Wildman–Crippen MR) is 181 cm³/mol. The molecule has 0 aliphatic rings. The zero-order valence-corrected chi connectivity index (χ0v) is 28.6. The minimum absolute atomic E-state index is 0.163. The van der Waals surface area contributed by atoms with Crippen molar-refractivity contribution in [1.82, 2.24) is 4.90 Å². The summed E-state index contributed by atoms with van der Waals surface area (Å²) in [6.45, 7) is 12.0. The van der Waals surface area contributed by atoms with E-state index in [0.29, 0.717) is 36.9 Å². The molecule has 0 aliphatic heterocycles. The second-order valence-electron chi connectivity index (χ2n) is 11.8. The number of aliphatic carboxylic acids is 1. The first kappa shape index (κ1) is 39.5. The molecular weight excluding hydrogens is 556 g/mol. The van der Waals surface area contributed by atoms with Crippen LogP contribution in [-0.4, -0.2) is 74.5 Å². The molecular formula is C36H64N2O6. The van der Waals surface area contributed by atoms with E-state index in [2.05, 4.69) is 32.6 Å². The maximum absolute atomic E-state index is 12.7. The van der Waals surface area contributed by atoms with Crippen LogP contribution in [0.25, 0.3) is 0 Å². The first-order chi connectivity index (χ1) is 21.4. The molecule has 0 heterocycles. The Labute approximate surface area is 268 Å². The number of likely N-dealkylation sites (N-methyl/N-ethyl adjacent to an activating group) is 1. The first-order valence-corrected chi connectivity index (χ1v) is 17.7. The Morgan fingerprint density at radius 3 is 1.50 bits per heavy atom. The van der Waals surface area contributed by atoms with Gasteiger partial charge in [0.2, 0.25) is 0 Å². The van der Waals surface area contributed by atoms with Gasteiger partial charge in [-0.1, -0.05) is 118 Å². The lowest BCUT2D eigenvalue weighted by molar-refractivity contribution is -0.142. The van der Waals surface area contributed by atoms with E-state index < -0.39 is 11.9 Å². The van der Waals surface area contributed by atoms with Crippen LogP contribution in [0.15, 0.2) is 18.2 Å². The van der Waals surface area contributed by atoms with Gasteiger partial charge >= 0.3 is 11.9 Å². The van der Waals surface area contributed by atoms with Gasteiger partial charge in [0.15, 0.2) is 0 Å². The van der Waals surface area contributed by atoms with Crippen LogP contribution in [0.4, 0.5) is 5.69 Å². The molecule has 254 valence electrons. The lowest BCUT2D eigenvalue weighted by atomic mass is 10.1. The molecule has 0 bridgehead atoms. The molecule has 0 saturated carbocycles. The van der Waals surface area contributed by atoms with Crippen LogP contribution in [0.5, 0.6) is 11.5 Å². The van der Waals surface area contributed by atoms with Gasteiger partial charge in [0.05, 0.1) is 13.2 Å². The Hall–Kier alpha value is -2.48. The van der Waals surface area contributed by atoms with Crippen molar-refractivity contribution in [3.63, 3.8) is 0 Å². The van der Waals surface area contributed by atoms with Gasteiger partial charge in [0, 0.05) is 30.4 Å². The Morgan fingerprint density at radius 1 is 0.614 bits per heavy atom. The predicted octanol–water partition coefficient (Wildman–Crippen LogP) is 8.50. The van der Waals surface area contributed by atoms with Crippen molar-refractivity contribution in [2.45, 2.75) is 130 Å². The van der Waals surface area contributed by atoms with Gasteiger partial charge in [-0.2, -0.15) is 0 Å². The van der Waals surface area contributed by atoms with Crippen molar-refractivity contribution in [1.29, 1.82) is 0 Å². The molecule has 0 saturated heterocycles. The zero-order valence-electron chi connectivity index (χ0n) is 28.6. The molecule has 1 aromatic carbocycles. The van der Waals surface area contributed by atoms with E-state index in [0.717, 1.165) is 38.8 Å². The summed E-state index contributed by atoms with van der Waals surface area (Å²) in [7, 11) is 0. The highest BCUT2D eigenvalue weighted by molar-refractivity contribution is 5.81. The normalized spacial score (nSPS) is 11.1. The highest BCUT2D eigenvalue weighted by atomic mass is 16.5. The van der Waals surface area contributed by atoms with Crippen LogP contribution in [0.3, 0.4) is 0 Å². The molecule has 0 atom stereocenters. The number of carboxylic acid groups (broad SMARTS) is 1. The maximum Gasteiger partial charge on any atom is 0.325 e. The lowest BCUT2D eigenvalue weighted by Gasteiger charge is -2.24. The van der Waals surface area contributed by atoms with Crippen LogP contribution in [0.1, 0.15) is 130 Å².